The highest BCUT2D eigenvalue weighted by molar-refractivity contribution is 7.09. The Morgan fingerprint density at radius 2 is 2.10 bits per heavy atom. The van der Waals surface area contributed by atoms with E-state index in [4.69, 9.17) is 5.73 Å². The number of thiazole rings is 1. The molecule has 1 aliphatic rings. The van der Waals surface area contributed by atoms with Crippen molar-refractivity contribution in [2.45, 2.75) is 25.3 Å². The monoisotopic (exact) mass is 287 g/mol. The van der Waals surface area contributed by atoms with E-state index in [1.54, 1.807) is 11.3 Å². The molecule has 2 heterocycles. The van der Waals surface area contributed by atoms with E-state index in [0.717, 1.165) is 26.1 Å². The topological polar surface area (TPSA) is 42.2 Å². The van der Waals surface area contributed by atoms with Crippen LogP contribution in [-0.2, 0) is 6.42 Å². The van der Waals surface area contributed by atoms with Crippen LogP contribution in [-0.4, -0.2) is 35.6 Å². The molecular formula is C16H21N3S. The Morgan fingerprint density at radius 1 is 1.30 bits per heavy atom. The SMILES string of the molecule is Cc1ncsc1CCN1C[C@@H](N)[C@H](c2ccccc2)C1. The zero-order valence-corrected chi connectivity index (χ0v) is 12.6. The minimum absolute atomic E-state index is 0.250. The second kappa shape index (κ2) is 6.04. The van der Waals surface area contributed by atoms with E-state index in [9.17, 15) is 0 Å². The first-order valence-corrected chi connectivity index (χ1v) is 8.04. The maximum absolute atomic E-state index is 6.33. The molecule has 0 unspecified atom stereocenters. The van der Waals surface area contributed by atoms with Gasteiger partial charge in [-0.15, -0.1) is 11.3 Å². The van der Waals surface area contributed by atoms with Crippen LogP contribution in [0.2, 0.25) is 0 Å². The van der Waals surface area contributed by atoms with Crippen LogP contribution in [0.15, 0.2) is 35.8 Å². The molecule has 0 saturated carbocycles. The molecule has 1 aromatic carbocycles. The van der Waals surface area contributed by atoms with Gasteiger partial charge in [0.1, 0.15) is 0 Å². The van der Waals surface area contributed by atoms with E-state index in [-0.39, 0.29) is 6.04 Å². The Balaban J connectivity index is 1.60. The van der Waals surface area contributed by atoms with Gasteiger partial charge in [-0.05, 0) is 18.9 Å². The Kier molecular flexibility index (Phi) is 4.15. The molecule has 0 amide bonds. The molecular weight excluding hydrogens is 266 g/mol. The van der Waals surface area contributed by atoms with E-state index < -0.39 is 0 Å². The van der Waals surface area contributed by atoms with Gasteiger partial charge in [0.05, 0.1) is 11.2 Å². The smallest absolute Gasteiger partial charge is 0.0797 e. The number of hydrogen-bond acceptors (Lipinski definition) is 4. The van der Waals surface area contributed by atoms with Crippen molar-refractivity contribution in [3.63, 3.8) is 0 Å². The first kappa shape index (κ1) is 13.7. The summed E-state index contributed by atoms with van der Waals surface area (Å²) < 4.78 is 0. The normalized spacial score (nSPS) is 23.3. The molecule has 1 fully saturated rings. The number of likely N-dealkylation sites (tertiary alicyclic amines) is 1. The van der Waals surface area contributed by atoms with Gasteiger partial charge in [0.15, 0.2) is 0 Å². The van der Waals surface area contributed by atoms with E-state index in [2.05, 4.69) is 47.1 Å². The van der Waals surface area contributed by atoms with Crippen LogP contribution in [0.25, 0.3) is 0 Å². The maximum Gasteiger partial charge on any atom is 0.0797 e. The van der Waals surface area contributed by atoms with Crippen molar-refractivity contribution in [3.8, 4) is 0 Å². The van der Waals surface area contributed by atoms with Crippen LogP contribution in [0.5, 0.6) is 0 Å². The van der Waals surface area contributed by atoms with Gasteiger partial charge >= 0.3 is 0 Å². The van der Waals surface area contributed by atoms with E-state index in [1.807, 2.05) is 5.51 Å². The summed E-state index contributed by atoms with van der Waals surface area (Å²) in [6.07, 6.45) is 1.09. The molecule has 0 bridgehead atoms. The van der Waals surface area contributed by atoms with Gasteiger partial charge in [-0.25, -0.2) is 4.98 Å². The fourth-order valence-corrected chi connectivity index (χ4v) is 3.75. The van der Waals surface area contributed by atoms with Gasteiger partial charge in [-0.3, -0.25) is 0 Å². The third-order valence-electron chi connectivity index (χ3n) is 4.17. The van der Waals surface area contributed by atoms with Crippen molar-refractivity contribution in [3.05, 3.63) is 52.0 Å². The van der Waals surface area contributed by atoms with Crippen molar-refractivity contribution in [2.24, 2.45) is 5.73 Å². The molecule has 1 saturated heterocycles. The Labute approximate surface area is 124 Å². The maximum atomic E-state index is 6.33. The van der Waals surface area contributed by atoms with Crippen LogP contribution < -0.4 is 5.73 Å². The Morgan fingerprint density at radius 3 is 2.80 bits per heavy atom. The summed E-state index contributed by atoms with van der Waals surface area (Å²) in [6.45, 7) is 5.24. The Bertz CT molecular complexity index is 552. The van der Waals surface area contributed by atoms with Gasteiger partial charge in [0.25, 0.3) is 0 Å². The summed E-state index contributed by atoms with van der Waals surface area (Å²) in [4.78, 5) is 8.21. The average molecular weight is 287 g/mol. The van der Waals surface area contributed by atoms with Gasteiger partial charge in [-0.1, -0.05) is 30.3 Å². The largest absolute Gasteiger partial charge is 0.326 e. The third kappa shape index (κ3) is 2.92. The van der Waals surface area contributed by atoms with Crippen molar-refractivity contribution >= 4 is 11.3 Å². The van der Waals surface area contributed by atoms with Crippen molar-refractivity contribution in [2.75, 3.05) is 19.6 Å². The summed E-state index contributed by atoms with van der Waals surface area (Å²) >= 11 is 1.76. The molecule has 2 N–H and O–H groups in total. The standard InChI is InChI=1S/C16H21N3S/c1-12-16(20-11-18-12)7-8-19-9-14(15(17)10-19)13-5-3-2-4-6-13/h2-6,11,14-15H,7-10,17H2,1H3/t14-,15+/m0/s1. The molecule has 106 valence electrons. The zero-order valence-electron chi connectivity index (χ0n) is 11.8. The lowest BCUT2D eigenvalue weighted by molar-refractivity contribution is 0.336. The minimum Gasteiger partial charge on any atom is -0.326 e. The fraction of sp³-hybridized carbons (Fsp3) is 0.438. The summed E-state index contributed by atoms with van der Waals surface area (Å²) in [6, 6.07) is 10.9. The summed E-state index contributed by atoms with van der Waals surface area (Å²) in [5.74, 6) is 0.471. The Hall–Kier alpha value is -1.23. The molecule has 3 rings (SSSR count). The zero-order chi connectivity index (χ0) is 13.9. The van der Waals surface area contributed by atoms with Gasteiger partial charge < -0.3 is 10.6 Å². The molecule has 0 aliphatic carbocycles. The van der Waals surface area contributed by atoms with Gasteiger partial charge in [0.2, 0.25) is 0 Å². The van der Waals surface area contributed by atoms with Crippen LogP contribution in [0.1, 0.15) is 22.1 Å². The van der Waals surface area contributed by atoms with E-state index in [0.29, 0.717) is 5.92 Å². The van der Waals surface area contributed by atoms with Gasteiger partial charge in [0, 0.05) is 36.5 Å². The van der Waals surface area contributed by atoms with Crippen molar-refractivity contribution in [1.29, 1.82) is 0 Å². The number of hydrogen-bond donors (Lipinski definition) is 1. The van der Waals surface area contributed by atoms with E-state index in [1.165, 1.54) is 16.1 Å². The molecule has 20 heavy (non-hydrogen) atoms. The lowest BCUT2D eigenvalue weighted by atomic mass is 9.95. The lowest BCUT2D eigenvalue weighted by Crippen LogP contribution is -2.29. The number of rotatable bonds is 4. The molecule has 1 aliphatic heterocycles. The summed E-state index contributed by atoms with van der Waals surface area (Å²) in [7, 11) is 0. The number of nitrogens with two attached hydrogens (primary N) is 1. The molecule has 2 atom stereocenters. The second-order valence-corrected chi connectivity index (χ2v) is 6.49. The average Bonchev–Trinajstić information content (AvgIpc) is 3.03. The molecule has 4 heteroatoms. The predicted molar refractivity (Wildman–Crippen MR) is 84.2 cm³/mol. The number of aromatic nitrogens is 1. The number of nitrogens with zero attached hydrogens (tertiary/aromatic N) is 2. The van der Waals surface area contributed by atoms with Crippen LogP contribution in [0, 0.1) is 6.92 Å². The minimum atomic E-state index is 0.250. The molecule has 0 spiro atoms. The second-order valence-electron chi connectivity index (χ2n) is 5.55. The van der Waals surface area contributed by atoms with Crippen molar-refractivity contribution < 1.29 is 0 Å². The highest BCUT2D eigenvalue weighted by Gasteiger charge is 2.30. The number of benzene rings is 1. The predicted octanol–water partition coefficient (Wildman–Crippen LogP) is 2.42. The fourth-order valence-electron chi connectivity index (χ4n) is 2.97. The first-order chi connectivity index (χ1) is 9.74. The highest BCUT2D eigenvalue weighted by Crippen LogP contribution is 2.26. The summed E-state index contributed by atoms with van der Waals surface area (Å²) in [5, 5.41) is 0. The van der Waals surface area contributed by atoms with Crippen LogP contribution in [0.4, 0.5) is 0 Å². The molecule has 3 nitrogen and oxygen atoms in total. The molecule has 1 aromatic heterocycles. The lowest BCUT2D eigenvalue weighted by Gasteiger charge is -2.15. The highest BCUT2D eigenvalue weighted by atomic mass is 32.1. The third-order valence-corrected chi connectivity index (χ3v) is 5.16. The van der Waals surface area contributed by atoms with E-state index >= 15 is 0 Å². The quantitative estimate of drug-likeness (QED) is 0.939. The first-order valence-electron chi connectivity index (χ1n) is 7.16. The van der Waals surface area contributed by atoms with Crippen LogP contribution in [0.3, 0.4) is 0 Å². The van der Waals surface area contributed by atoms with Crippen LogP contribution >= 0.6 is 11.3 Å². The molecule has 0 radical (unpaired) electrons. The molecule has 2 aromatic rings. The van der Waals surface area contributed by atoms with Gasteiger partial charge in [-0.2, -0.15) is 0 Å². The number of aryl methyl sites for hydroxylation is 1. The summed E-state index contributed by atoms with van der Waals surface area (Å²) in [5.41, 5.74) is 10.8. The van der Waals surface area contributed by atoms with Crippen molar-refractivity contribution in [1.82, 2.24) is 9.88 Å².